The van der Waals surface area contributed by atoms with Crippen LogP contribution in [0.15, 0.2) is 66.0 Å². The summed E-state index contributed by atoms with van der Waals surface area (Å²) in [4.78, 5) is 17.0. The van der Waals surface area contributed by atoms with Gasteiger partial charge in [0, 0.05) is 51.3 Å². The number of fused-ring (bicyclic) bond motifs is 2. The van der Waals surface area contributed by atoms with Crippen LogP contribution in [0, 0.1) is 12.3 Å². The Morgan fingerprint density at radius 1 is 1.12 bits per heavy atom. The molecule has 1 aliphatic carbocycles. The first-order valence-electron chi connectivity index (χ1n) is 11.3. The normalized spacial score (nSPS) is 19.4. The number of anilines is 1. The Balaban J connectivity index is 1.64. The molecule has 1 aliphatic heterocycles. The summed E-state index contributed by atoms with van der Waals surface area (Å²) in [6.07, 6.45) is 3.41. The third-order valence-electron chi connectivity index (χ3n) is 6.86. The largest absolute Gasteiger partial charge is 0.361 e. The van der Waals surface area contributed by atoms with Gasteiger partial charge in [-0.05, 0) is 48.6 Å². The average molecular weight is 457 g/mol. The summed E-state index contributed by atoms with van der Waals surface area (Å²) in [6, 6.07) is 16.0. The predicted molar refractivity (Wildman–Crippen MR) is 132 cm³/mol. The summed E-state index contributed by atoms with van der Waals surface area (Å²) in [5.74, 6) is 0.947. The Labute approximate surface area is 197 Å². The van der Waals surface area contributed by atoms with Gasteiger partial charge < -0.3 is 10.3 Å². The zero-order chi connectivity index (χ0) is 22.9. The molecule has 1 unspecified atom stereocenters. The smallest absolute Gasteiger partial charge is 0.162 e. The number of aromatic amines is 1. The molecule has 0 radical (unpaired) electrons. The zero-order valence-corrected chi connectivity index (χ0v) is 19.6. The Kier molecular flexibility index (Phi) is 4.36. The van der Waals surface area contributed by atoms with Gasteiger partial charge in [-0.3, -0.25) is 4.79 Å². The number of nitrogens with one attached hydrogen (secondary N) is 2. The molecule has 4 aromatic rings. The molecule has 166 valence electrons. The SMILES string of the molecule is Cc1nn(-c2cccc(Cl)c2)c2c1C(c1c[nH]c3ccccc13)C1=C(CC(C)(C)CC1=O)N2. The highest BCUT2D eigenvalue weighted by molar-refractivity contribution is 6.30. The maximum absolute atomic E-state index is 13.6. The molecule has 0 spiro atoms. The van der Waals surface area contributed by atoms with Gasteiger partial charge in [0.15, 0.2) is 5.78 Å². The molecular formula is C27H25ClN4O. The molecule has 6 rings (SSSR count). The fraction of sp³-hybridized carbons (Fsp3) is 0.259. The number of hydrogen-bond donors (Lipinski definition) is 2. The lowest BCUT2D eigenvalue weighted by molar-refractivity contribution is -0.118. The van der Waals surface area contributed by atoms with Crippen LogP contribution in [0.1, 0.15) is 49.4 Å². The number of carbonyl (C=O) groups excluding carboxylic acids is 1. The van der Waals surface area contributed by atoms with E-state index in [9.17, 15) is 4.79 Å². The van der Waals surface area contributed by atoms with Crippen LogP contribution >= 0.6 is 11.6 Å². The molecule has 0 saturated carbocycles. The first-order valence-corrected chi connectivity index (χ1v) is 11.6. The molecular weight excluding hydrogens is 432 g/mol. The summed E-state index contributed by atoms with van der Waals surface area (Å²) in [6.45, 7) is 6.34. The first-order chi connectivity index (χ1) is 15.8. The summed E-state index contributed by atoms with van der Waals surface area (Å²) in [5, 5.41) is 10.3. The van der Waals surface area contributed by atoms with E-state index in [1.165, 1.54) is 0 Å². The number of carbonyl (C=O) groups is 1. The number of benzene rings is 2. The van der Waals surface area contributed by atoms with E-state index in [4.69, 9.17) is 16.7 Å². The second-order valence-electron chi connectivity index (χ2n) is 9.92. The number of para-hydroxylation sites is 1. The number of rotatable bonds is 2. The lowest BCUT2D eigenvalue weighted by Gasteiger charge is -2.38. The van der Waals surface area contributed by atoms with Gasteiger partial charge in [0.05, 0.1) is 11.4 Å². The van der Waals surface area contributed by atoms with E-state index in [2.05, 4.69) is 42.5 Å². The maximum atomic E-state index is 13.6. The number of halogens is 1. The predicted octanol–water partition coefficient (Wildman–Crippen LogP) is 6.52. The van der Waals surface area contributed by atoms with Gasteiger partial charge in [-0.1, -0.05) is 49.7 Å². The van der Waals surface area contributed by atoms with E-state index in [0.717, 1.165) is 56.9 Å². The topological polar surface area (TPSA) is 62.7 Å². The van der Waals surface area contributed by atoms with Crippen LogP contribution in [-0.2, 0) is 4.79 Å². The van der Waals surface area contributed by atoms with Crippen molar-refractivity contribution in [2.45, 2.75) is 39.5 Å². The number of aromatic nitrogens is 3. The first kappa shape index (κ1) is 20.3. The van der Waals surface area contributed by atoms with Crippen molar-refractivity contribution < 1.29 is 4.79 Å². The van der Waals surface area contributed by atoms with E-state index in [0.29, 0.717) is 11.4 Å². The molecule has 0 saturated heterocycles. The second kappa shape index (κ2) is 7.09. The summed E-state index contributed by atoms with van der Waals surface area (Å²) in [5.41, 5.74) is 6.80. The van der Waals surface area contributed by atoms with E-state index in [-0.39, 0.29) is 17.1 Å². The van der Waals surface area contributed by atoms with Crippen LogP contribution in [0.25, 0.3) is 16.6 Å². The van der Waals surface area contributed by atoms with Gasteiger partial charge in [-0.2, -0.15) is 5.10 Å². The number of hydrogen-bond acceptors (Lipinski definition) is 3. The number of ketones is 1. The van der Waals surface area contributed by atoms with Crippen LogP contribution in [0.4, 0.5) is 5.82 Å². The molecule has 2 aromatic heterocycles. The van der Waals surface area contributed by atoms with Crippen molar-refractivity contribution in [1.29, 1.82) is 0 Å². The highest BCUT2D eigenvalue weighted by Gasteiger charge is 2.43. The molecule has 1 atom stereocenters. The molecule has 33 heavy (non-hydrogen) atoms. The van der Waals surface area contributed by atoms with Gasteiger partial charge in [-0.25, -0.2) is 4.68 Å². The molecule has 2 aliphatic rings. The van der Waals surface area contributed by atoms with E-state index in [1.807, 2.05) is 48.0 Å². The van der Waals surface area contributed by atoms with Crippen molar-refractivity contribution in [3.63, 3.8) is 0 Å². The zero-order valence-electron chi connectivity index (χ0n) is 18.9. The molecule has 2 N–H and O–H groups in total. The Morgan fingerprint density at radius 3 is 2.76 bits per heavy atom. The molecule has 3 heterocycles. The van der Waals surface area contributed by atoms with Crippen LogP contribution in [-0.4, -0.2) is 20.5 Å². The second-order valence-corrected chi connectivity index (χ2v) is 10.4. The fourth-order valence-electron chi connectivity index (χ4n) is 5.51. The monoisotopic (exact) mass is 456 g/mol. The van der Waals surface area contributed by atoms with Crippen molar-refractivity contribution in [3.8, 4) is 5.69 Å². The lowest BCUT2D eigenvalue weighted by atomic mass is 9.69. The van der Waals surface area contributed by atoms with Crippen molar-refractivity contribution in [3.05, 3.63) is 87.8 Å². The summed E-state index contributed by atoms with van der Waals surface area (Å²) in [7, 11) is 0. The van der Waals surface area contributed by atoms with Crippen molar-refractivity contribution in [2.75, 3.05) is 5.32 Å². The average Bonchev–Trinajstić information content (AvgIpc) is 3.33. The fourth-order valence-corrected chi connectivity index (χ4v) is 5.70. The van der Waals surface area contributed by atoms with E-state index < -0.39 is 0 Å². The van der Waals surface area contributed by atoms with Gasteiger partial charge >= 0.3 is 0 Å². The van der Waals surface area contributed by atoms with Crippen LogP contribution < -0.4 is 5.32 Å². The number of nitrogens with zero attached hydrogens (tertiary/aromatic N) is 2. The minimum absolute atomic E-state index is 0.0961. The highest BCUT2D eigenvalue weighted by Crippen LogP contribution is 2.51. The Bertz CT molecular complexity index is 1470. The third-order valence-corrected chi connectivity index (χ3v) is 7.09. The minimum atomic E-state index is -0.177. The van der Waals surface area contributed by atoms with Crippen molar-refractivity contribution >= 4 is 34.1 Å². The van der Waals surface area contributed by atoms with Gasteiger partial charge in [0.25, 0.3) is 0 Å². The quantitative estimate of drug-likeness (QED) is 0.361. The Morgan fingerprint density at radius 2 is 1.94 bits per heavy atom. The molecule has 0 fully saturated rings. The highest BCUT2D eigenvalue weighted by atomic mass is 35.5. The molecule has 5 nitrogen and oxygen atoms in total. The molecule has 6 heteroatoms. The maximum Gasteiger partial charge on any atom is 0.162 e. The number of Topliss-reactive ketones (excluding diaryl/α,β-unsaturated/α-hetero) is 1. The standard InChI is InChI=1S/C27H25ClN4O/c1-15-23-24(19-14-29-20-10-5-4-9-18(19)20)25-21(12-27(2,3)13-22(25)33)30-26(23)32(31-15)17-8-6-7-16(28)11-17/h4-11,14,24,29-30H,12-13H2,1-3H3. The van der Waals surface area contributed by atoms with Crippen LogP contribution in [0.3, 0.4) is 0 Å². The number of aryl methyl sites for hydroxylation is 1. The third kappa shape index (κ3) is 3.14. The van der Waals surface area contributed by atoms with Crippen molar-refractivity contribution in [2.24, 2.45) is 5.41 Å². The van der Waals surface area contributed by atoms with Crippen molar-refractivity contribution in [1.82, 2.24) is 14.8 Å². The van der Waals surface area contributed by atoms with E-state index >= 15 is 0 Å². The lowest BCUT2D eigenvalue weighted by Crippen LogP contribution is -2.34. The molecule has 0 bridgehead atoms. The number of allylic oxidation sites excluding steroid dienone is 2. The summed E-state index contributed by atoms with van der Waals surface area (Å²) >= 11 is 6.31. The molecule has 0 amide bonds. The van der Waals surface area contributed by atoms with Gasteiger partial charge in [0.2, 0.25) is 0 Å². The summed E-state index contributed by atoms with van der Waals surface area (Å²) < 4.78 is 1.92. The van der Waals surface area contributed by atoms with Gasteiger partial charge in [-0.15, -0.1) is 0 Å². The Hall–Kier alpha value is -3.31. The molecule has 2 aromatic carbocycles. The van der Waals surface area contributed by atoms with Crippen LogP contribution in [0.5, 0.6) is 0 Å². The van der Waals surface area contributed by atoms with Crippen LogP contribution in [0.2, 0.25) is 5.02 Å². The van der Waals surface area contributed by atoms with Gasteiger partial charge in [0.1, 0.15) is 5.82 Å². The van der Waals surface area contributed by atoms with E-state index in [1.54, 1.807) is 0 Å². The minimum Gasteiger partial charge on any atom is -0.361 e. The number of H-pyrrole nitrogens is 1.